The molecule has 1 saturated heterocycles. The summed E-state index contributed by atoms with van der Waals surface area (Å²) in [5.41, 5.74) is 0.309. The minimum absolute atomic E-state index is 0.0312. The van der Waals surface area contributed by atoms with E-state index < -0.39 is 27.9 Å². The number of carbonyl (C=O) groups excluding carboxylic acids is 1. The number of phenols is 1. The van der Waals surface area contributed by atoms with Crippen molar-refractivity contribution in [3.05, 3.63) is 29.8 Å². The van der Waals surface area contributed by atoms with Crippen molar-refractivity contribution in [1.29, 1.82) is 0 Å². The maximum Gasteiger partial charge on any atom is 0.322 e. The van der Waals surface area contributed by atoms with Crippen LogP contribution in [0.1, 0.15) is 10.4 Å². The third-order valence-corrected chi connectivity index (χ3v) is 5.36. The predicted octanol–water partition coefficient (Wildman–Crippen LogP) is -0.848. The number of hydrogen-bond donors (Lipinski definition) is 3. The van der Waals surface area contributed by atoms with E-state index in [1.54, 1.807) is 4.90 Å². The van der Waals surface area contributed by atoms with Crippen LogP contribution in [0.4, 0.5) is 0 Å². The lowest BCUT2D eigenvalue weighted by Crippen LogP contribution is -2.56. The molecule has 0 aliphatic carbocycles. The summed E-state index contributed by atoms with van der Waals surface area (Å²) in [5, 5.41) is 21.2. The zero-order chi connectivity index (χ0) is 18.6. The normalized spacial score (nSPS) is 17.8. The van der Waals surface area contributed by atoms with Gasteiger partial charge in [0.15, 0.2) is 0 Å². The van der Waals surface area contributed by atoms with E-state index in [1.165, 1.54) is 28.6 Å². The molecule has 2 rings (SSSR count). The van der Waals surface area contributed by atoms with E-state index in [0.717, 1.165) is 6.26 Å². The topological polar surface area (TPSA) is 127 Å². The molecule has 9 nitrogen and oxygen atoms in total. The number of aliphatic carboxylic acids is 1. The van der Waals surface area contributed by atoms with Gasteiger partial charge < -0.3 is 15.5 Å². The van der Waals surface area contributed by atoms with E-state index in [2.05, 4.69) is 5.32 Å². The van der Waals surface area contributed by atoms with Crippen LogP contribution in [0.15, 0.2) is 24.3 Å². The second-order valence-electron chi connectivity index (χ2n) is 5.81. The van der Waals surface area contributed by atoms with Crippen LogP contribution in [0.2, 0.25) is 0 Å². The molecule has 0 aromatic heterocycles. The molecule has 0 bridgehead atoms. The highest BCUT2D eigenvalue weighted by Crippen LogP contribution is 2.11. The fourth-order valence-electron chi connectivity index (χ4n) is 2.62. The Hall–Kier alpha value is -2.17. The summed E-state index contributed by atoms with van der Waals surface area (Å²) >= 11 is 0. The molecule has 10 heteroatoms. The van der Waals surface area contributed by atoms with Crippen LogP contribution < -0.4 is 5.32 Å². The van der Waals surface area contributed by atoms with Gasteiger partial charge in [-0.25, -0.2) is 8.42 Å². The smallest absolute Gasteiger partial charge is 0.322 e. The Morgan fingerprint density at radius 3 is 2.20 bits per heavy atom. The van der Waals surface area contributed by atoms with Crippen LogP contribution >= 0.6 is 0 Å². The second kappa shape index (κ2) is 7.81. The number of aromatic hydroxyl groups is 1. The third kappa shape index (κ3) is 5.15. The Bertz CT molecular complexity index is 726. The number of carboxylic acid groups (broad SMARTS) is 1. The van der Waals surface area contributed by atoms with Crippen LogP contribution in [0.25, 0.3) is 0 Å². The first kappa shape index (κ1) is 19.2. The summed E-state index contributed by atoms with van der Waals surface area (Å²) in [5.74, 6) is -1.50. The number of benzene rings is 1. The average molecular weight is 371 g/mol. The lowest BCUT2D eigenvalue weighted by molar-refractivity contribution is -0.143. The van der Waals surface area contributed by atoms with Gasteiger partial charge in [0.25, 0.3) is 5.91 Å². The zero-order valence-corrected chi connectivity index (χ0v) is 14.6. The summed E-state index contributed by atoms with van der Waals surface area (Å²) in [6.45, 7) is 0.884. The largest absolute Gasteiger partial charge is 0.508 e. The molecule has 138 valence electrons. The number of piperazine rings is 1. The van der Waals surface area contributed by atoms with Gasteiger partial charge in [-0.2, -0.15) is 4.31 Å². The minimum atomic E-state index is -3.29. The summed E-state index contributed by atoms with van der Waals surface area (Å²) in [6, 6.07) is 4.67. The van der Waals surface area contributed by atoms with Gasteiger partial charge in [0, 0.05) is 38.3 Å². The first-order valence-electron chi connectivity index (χ1n) is 7.67. The van der Waals surface area contributed by atoms with Gasteiger partial charge in [0.1, 0.15) is 11.8 Å². The van der Waals surface area contributed by atoms with E-state index in [0.29, 0.717) is 5.56 Å². The van der Waals surface area contributed by atoms with Gasteiger partial charge in [0.05, 0.1) is 6.26 Å². The van der Waals surface area contributed by atoms with Gasteiger partial charge in [-0.05, 0) is 24.3 Å². The standard InChI is InChI=1S/C15H21N3O6S/c1-25(23,24)18-8-6-17(7-9-18)13(15(21)22)10-16-14(20)11-2-4-12(19)5-3-11/h2-5,13,19H,6-10H2,1H3,(H,16,20)(H,21,22)/t13-/m1/s1. The van der Waals surface area contributed by atoms with Crippen molar-refractivity contribution in [2.75, 3.05) is 39.0 Å². The number of nitrogens with zero attached hydrogens (tertiary/aromatic N) is 2. The maximum absolute atomic E-state index is 12.1. The van der Waals surface area contributed by atoms with Crippen LogP contribution in [-0.4, -0.2) is 84.7 Å². The number of rotatable bonds is 6. The number of amides is 1. The number of nitrogens with one attached hydrogen (secondary N) is 1. The Balaban J connectivity index is 1.94. The molecule has 1 atom stereocenters. The summed E-state index contributed by atoms with van der Waals surface area (Å²) in [6.07, 6.45) is 1.12. The molecule has 0 unspecified atom stereocenters. The highest BCUT2D eigenvalue weighted by Gasteiger charge is 2.31. The molecule has 1 heterocycles. The van der Waals surface area contributed by atoms with Crippen molar-refractivity contribution < 1.29 is 28.2 Å². The SMILES string of the molecule is CS(=O)(=O)N1CCN([C@H](CNC(=O)c2ccc(O)cc2)C(=O)O)CC1. The van der Waals surface area contributed by atoms with Crippen LogP contribution in [0.3, 0.4) is 0 Å². The van der Waals surface area contributed by atoms with Crippen molar-refractivity contribution >= 4 is 21.9 Å². The highest BCUT2D eigenvalue weighted by atomic mass is 32.2. The van der Waals surface area contributed by atoms with E-state index >= 15 is 0 Å². The minimum Gasteiger partial charge on any atom is -0.508 e. The molecular formula is C15H21N3O6S. The summed E-state index contributed by atoms with van der Waals surface area (Å²) < 4.78 is 24.3. The Kier molecular flexibility index (Phi) is 5.98. The van der Waals surface area contributed by atoms with Gasteiger partial charge in [-0.1, -0.05) is 0 Å². The third-order valence-electron chi connectivity index (χ3n) is 4.05. The first-order valence-corrected chi connectivity index (χ1v) is 9.52. The van der Waals surface area contributed by atoms with E-state index in [9.17, 15) is 28.2 Å². The van der Waals surface area contributed by atoms with Crippen molar-refractivity contribution in [1.82, 2.24) is 14.5 Å². The monoisotopic (exact) mass is 371 g/mol. The Labute approximate surface area is 145 Å². The molecule has 1 aromatic rings. The van der Waals surface area contributed by atoms with Crippen LogP contribution in [-0.2, 0) is 14.8 Å². The average Bonchev–Trinajstić information content (AvgIpc) is 2.55. The van der Waals surface area contributed by atoms with E-state index in [4.69, 9.17) is 0 Å². The zero-order valence-electron chi connectivity index (χ0n) is 13.8. The quantitative estimate of drug-likeness (QED) is 0.594. The highest BCUT2D eigenvalue weighted by molar-refractivity contribution is 7.88. The van der Waals surface area contributed by atoms with E-state index in [1.807, 2.05) is 0 Å². The first-order chi connectivity index (χ1) is 11.7. The molecule has 1 fully saturated rings. The molecule has 1 aliphatic rings. The van der Waals surface area contributed by atoms with Gasteiger partial charge in [-0.3, -0.25) is 14.5 Å². The van der Waals surface area contributed by atoms with E-state index in [-0.39, 0.29) is 38.5 Å². The van der Waals surface area contributed by atoms with Crippen molar-refractivity contribution in [3.8, 4) is 5.75 Å². The fraction of sp³-hybridized carbons (Fsp3) is 0.467. The maximum atomic E-state index is 12.1. The molecule has 3 N–H and O–H groups in total. The summed E-state index contributed by atoms with van der Waals surface area (Å²) in [7, 11) is -3.29. The predicted molar refractivity (Wildman–Crippen MR) is 89.9 cm³/mol. The second-order valence-corrected chi connectivity index (χ2v) is 7.79. The summed E-state index contributed by atoms with van der Waals surface area (Å²) in [4.78, 5) is 25.2. The Morgan fingerprint density at radius 2 is 1.72 bits per heavy atom. The van der Waals surface area contributed by atoms with Crippen molar-refractivity contribution in [2.24, 2.45) is 0 Å². The van der Waals surface area contributed by atoms with Crippen LogP contribution in [0.5, 0.6) is 5.75 Å². The van der Waals surface area contributed by atoms with Crippen LogP contribution in [0, 0.1) is 0 Å². The molecule has 0 saturated carbocycles. The van der Waals surface area contributed by atoms with Gasteiger partial charge in [-0.15, -0.1) is 0 Å². The lowest BCUT2D eigenvalue weighted by atomic mass is 10.2. The van der Waals surface area contributed by atoms with Crippen molar-refractivity contribution in [3.63, 3.8) is 0 Å². The number of hydrogen-bond acceptors (Lipinski definition) is 6. The molecule has 1 amide bonds. The van der Waals surface area contributed by atoms with Crippen molar-refractivity contribution in [2.45, 2.75) is 6.04 Å². The molecular weight excluding hydrogens is 350 g/mol. The number of phenolic OH excluding ortho intramolecular Hbond substituents is 1. The number of sulfonamides is 1. The molecule has 1 aromatic carbocycles. The van der Waals surface area contributed by atoms with Gasteiger partial charge in [0.2, 0.25) is 10.0 Å². The van der Waals surface area contributed by atoms with Gasteiger partial charge >= 0.3 is 5.97 Å². The molecule has 1 aliphatic heterocycles. The molecule has 25 heavy (non-hydrogen) atoms. The fourth-order valence-corrected chi connectivity index (χ4v) is 3.45. The number of carbonyl (C=O) groups is 2. The molecule has 0 radical (unpaired) electrons. The molecule has 0 spiro atoms. The Morgan fingerprint density at radius 1 is 1.16 bits per heavy atom. The number of carboxylic acids is 1. The lowest BCUT2D eigenvalue weighted by Gasteiger charge is -2.36.